The molecule has 3 aromatic rings. The molecule has 2 heterocycles. The van der Waals surface area contributed by atoms with E-state index in [9.17, 15) is 13.2 Å². The molecule has 0 fully saturated rings. The van der Waals surface area contributed by atoms with Gasteiger partial charge in [-0.2, -0.15) is 0 Å². The first kappa shape index (κ1) is 23.2. The number of halogens is 1. The molecule has 0 saturated heterocycles. The highest BCUT2D eigenvalue weighted by atomic mass is 35.5. The number of rotatable bonds is 7. The van der Waals surface area contributed by atoms with Crippen LogP contribution in [0.5, 0.6) is 0 Å². The second kappa shape index (κ2) is 8.96. The van der Waals surface area contributed by atoms with E-state index in [1.807, 2.05) is 31.4 Å². The van der Waals surface area contributed by atoms with E-state index in [0.29, 0.717) is 11.7 Å². The molecule has 0 bridgehead atoms. The molecule has 3 rings (SSSR count). The Morgan fingerprint density at radius 1 is 1.32 bits per heavy atom. The first-order valence-electron chi connectivity index (χ1n) is 9.33. The van der Waals surface area contributed by atoms with Crippen molar-refractivity contribution in [3.05, 3.63) is 64.3 Å². The third-order valence-corrected chi connectivity index (χ3v) is 7.75. The van der Waals surface area contributed by atoms with E-state index in [-0.39, 0.29) is 15.5 Å². The fraction of sp³-hybridized carbons (Fsp3) is 0.238. The van der Waals surface area contributed by atoms with Gasteiger partial charge in [0.1, 0.15) is 0 Å². The molecule has 0 aliphatic rings. The van der Waals surface area contributed by atoms with Crippen LogP contribution in [0.3, 0.4) is 0 Å². The second-order valence-corrected chi connectivity index (χ2v) is 10.5. The Morgan fingerprint density at radius 3 is 2.68 bits per heavy atom. The third kappa shape index (κ3) is 4.59. The smallest absolute Gasteiger partial charge is 0.259 e. The molecule has 7 nitrogen and oxygen atoms in total. The molecule has 0 atom stereocenters. The van der Waals surface area contributed by atoms with Gasteiger partial charge in [-0.05, 0) is 38.1 Å². The minimum absolute atomic E-state index is 0.0125. The van der Waals surface area contributed by atoms with Gasteiger partial charge in [0, 0.05) is 43.0 Å². The minimum Gasteiger partial charge on any atom is -0.345 e. The monoisotopic (exact) mass is 478 g/mol. The maximum atomic E-state index is 12.8. The zero-order valence-corrected chi connectivity index (χ0v) is 20.0. The van der Waals surface area contributed by atoms with Crippen LogP contribution in [0.2, 0.25) is 5.02 Å². The highest BCUT2D eigenvalue weighted by molar-refractivity contribution is 7.89. The summed E-state index contributed by atoms with van der Waals surface area (Å²) in [6.45, 7) is 8.53. The van der Waals surface area contributed by atoms with E-state index in [2.05, 4.69) is 21.4 Å². The Balaban J connectivity index is 1.87. The van der Waals surface area contributed by atoms with Gasteiger partial charge in [-0.25, -0.2) is 17.7 Å². The van der Waals surface area contributed by atoms with Gasteiger partial charge in [0.25, 0.3) is 5.91 Å². The predicted molar refractivity (Wildman–Crippen MR) is 125 cm³/mol. The highest BCUT2D eigenvalue weighted by Gasteiger charge is 2.21. The van der Waals surface area contributed by atoms with Gasteiger partial charge < -0.3 is 4.57 Å². The van der Waals surface area contributed by atoms with Gasteiger partial charge in [0.05, 0.1) is 21.2 Å². The summed E-state index contributed by atoms with van der Waals surface area (Å²) >= 11 is 7.44. The van der Waals surface area contributed by atoms with E-state index in [1.54, 1.807) is 0 Å². The normalized spacial score (nSPS) is 11.7. The summed E-state index contributed by atoms with van der Waals surface area (Å²) < 4.78 is 28.0. The number of hydrogen-bond acceptors (Lipinski definition) is 5. The SMILES string of the molecule is C=CCn1c(C)cc(-c2csc(NC(=O)c3cc(S(=O)(=O)N(C)C)ccc3Cl)n2)c1C. The topological polar surface area (TPSA) is 84.3 Å². The van der Waals surface area contributed by atoms with Crippen molar-refractivity contribution in [2.75, 3.05) is 19.4 Å². The standard InChI is InChI=1S/C21H23ClN4O3S2/c1-6-9-26-13(2)10-16(14(26)3)19-12-30-21(23-19)24-20(27)17-11-15(7-8-18(17)22)31(28,29)25(4)5/h6-8,10-12H,1,9H2,2-5H3,(H,23,24,27). The molecule has 164 valence electrons. The summed E-state index contributed by atoms with van der Waals surface area (Å²) in [5, 5.41) is 5.13. The average Bonchev–Trinajstić information content (AvgIpc) is 3.27. The number of carbonyl (C=O) groups is 1. The molecular formula is C21H23ClN4O3S2. The van der Waals surface area contributed by atoms with E-state index in [0.717, 1.165) is 27.0 Å². The number of carbonyl (C=O) groups excluding carboxylic acids is 1. The van der Waals surface area contributed by atoms with Gasteiger partial charge in [-0.3, -0.25) is 10.1 Å². The lowest BCUT2D eigenvalue weighted by Gasteiger charge is -2.13. The highest BCUT2D eigenvalue weighted by Crippen LogP contribution is 2.31. The molecule has 0 unspecified atom stereocenters. The summed E-state index contributed by atoms with van der Waals surface area (Å²) in [7, 11) is -0.847. The molecule has 1 N–H and O–H groups in total. The zero-order valence-electron chi connectivity index (χ0n) is 17.6. The molecule has 10 heteroatoms. The van der Waals surface area contributed by atoms with Crippen LogP contribution < -0.4 is 5.32 Å². The first-order chi connectivity index (χ1) is 14.6. The molecule has 1 aromatic carbocycles. The van der Waals surface area contributed by atoms with Crippen molar-refractivity contribution >= 4 is 44.0 Å². The van der Waals surface area contributed by atoms with Crippen LogP contribution in [-0.2, 0) is 16.6 Å². The maximum Gasteiger partial charge on any atom is 0.259 e. The summed E-state index contributed by atoms with van der Waals surface area (Å²) in [4.78, 5) is 17.3. The van der Waals surface area contributed by atoms with Crippen molar-refractivity contribution in [1.29, 1.82) is 0 Å². The largest absolute Gasteiger partial charge is 0.345 e. The van der Waals surface area contributed by atoms with E-state index >= 15 is 0 Å². The van der Waals surface area contributed by atoms with Crippen LogP contribution in [-0.4, -0.2) is 42.3 Å². The van der Waals surface area contributed by atoms with Crippen molar-refractivity contribution in [1.82, 2.24) is 13.9 Å². The molecule has 0 saturated carbocycles. The number of sulfonamides is 1. The van der Waals surface area contributed by atoms with Gasteiger partial charge >= 0.3 is 0 Å². The first-order valence-corrected chi connectivity index (χ1v) is 12.0. The maximum absolute atomic E-state index is 12.8. The summed E-state index contributed by atoms with van der Waals surface area (Å²) in [5.41, 5.74) is 3.94. The zero-order chi connectivity index (χ0) is 22.9. The van der Waals surface area contributed by atoms with Crippen LogP contribution in [0.15, 0.2) is 47.2 Å². The Labute approximate surface area is 191 Å². The third-order valence-electron chi connectivity index (χ3n) is 4.85. The van der Waals surface area contributed by atoms with Crippen molar-refractivity contribution in [3.63, 3.8) is 0 Å². The van der Waals surface area contributed by atoms with Gasteiger partial charge in [-0.15, -0.1) is 17.9 Å². The summed E-state index contributed by atoms with van der Waals surface area (Å²) in [5.74, 6) is -0.529. The molecular weight excluding hydrogens is 456 g/mol. The summed E-state index contributed by atoms with van der Waals surface area (Å²) in [6.07, 6.45) is 1.84. The molecule has 0 spiro atoms. The predicted octanol–water partition coefficient (Wildman–Crippen LogP) is 4.57. The molecule has 2 aromatic heterocycles. The number of aromatic nitrogens is 2. The van der Waals surface area contributed by atoms with Gasteiger partial charge in [0.15, 0.2) is 5.13 Å². The Morgan fingerprint density at radius 2 is 2.03 bits per heavy atom. The Kier molecular flexibility index (Phi) is 6.70. The lowest BCUT2D eigenvalue weighted by Crippen LogP contribution is -2.23. The lowest BCUT2D eigenvalue weighted by molar-refractivity contribution is 0.102. The fourth-order valence-electron chi connectivity index (χ4n) is 3.14. The molecule has 0 aliphatic heterocycles. The van der Waals surface area contributed by atoms with E-state index < -0.39 is 15.9 Å². The second-order valence-electron chi connectivity index (χ2n) is 7.11. The van der Waals surface area contributed by atoms with Crippen LogP contribution in [0.1, 0.15) is 21.7 Å². The van der Waals surface area contributed by atoms with E-state index in [4.69, 9.17) is 11.6 Å². The molecule has 0 aliphatic carbocycles. The van der Waals surface area contributed by atoms with Crippen molar-refractivity contribution in [3.8, 4) is 11.3 Å². The van der Waals surface area contributed by atoms with E-state index in [1.165, 1.54) is 43.6 Å². The molecule has 1 amide bonds. The Bertz CT molecular complexity index is 1260. The van der Waals surface area contributed by atoms with Crippen LogP contribution in [0, 0.1) is 13.8 Å². The van der Waals surface area contributed by atoms with Gasteiger partial charge in [0.2, 0.25) is 10.0 Å². The van der Waals surface area contributed by atoms with Crippen LogP contribution in [0.4, 0.5) is 5.13 Å². The number of nitrogens with zero attached hydrogens (tertiary/aromatic N) is 3. The van der Waals surface area contributed by atoms with Crippen molar-refractivity contribution in [2.24, 2.45) is 0 Å². The van der Waals surface area contributed by atoms with Crippen molar-refractivity contribution in [2.45, 2.75) is 25.3 Å². The molecule has 0 radical (unpaired) electrons. The number of anilines is 1. The Hall–Kier alpha value is -2.46. The number of benzene rings is 1. The van der Waals surface area contributed by atoms with Gasteiger partial charge in [-0.1, -0.05) is 17.7 Å². The summed E-state index contributed by atoms with van der Waals surface area (Å²) in [6, 6.07) is 6.08. The van der Waals surface area contributed by atoms with Crippen LogP contribution in [0.25, 0.3) is 11.3 Å². The minimum atomic E-state index is -3.69. The quantitative estimate of drug-likeness (QED) is 0.504. The lowest BCUT2D eigenvalue weighted by atomic mass is 10.2. The average molecular weight is 479 g/mol. The number of hydrogen-bond donors (Lipinski definition) is 1. The fourth-order valence-corrected chi connectivity index (χ4v) is 4.98. The number of amides is 1. The number of aryl methyl sites for hydroxylation is 1. The molecule has 31 heavy (non-hydrogen) atoms. The number of allylic oxidation sites excluding steroid dienone is 1. The van der Waals surface area contributed by atoms with Crippen LogP contribution >= 0.6 is 22.9 Å². The number of nitrogens with one attached hydrogen (secondary N) is 1. The number of thiazole rings is 1. The van der Waals surface area contributed by atoms with Crippen molar-refractivity contribution < 1.29 is 13.2 Å².